The summed E-state index contributed by atoms with van der Waals surface area (Å²) in [4.78, 5) is 27.9. The minimum atomic E-state index is -1.21. The van der Waals surface area contributed by atoms with Crippen LogP contribution >= 0.6 is 11.6 Å². The average Bonchev–Trinajstić information content (AvgIpc) is 3.26. The summed E-state index contributed by atoms with van der Waals surface area (Å²) >= 11 is 6.03. The first kappa shape index (κ1) is 23.2. The number of benzene rings is 2. The molecule has 1 saturated heterocycles. The van der Waals surface area contributed by atoms with E-state index in [0.717, 1.165) is 18.9 Å². The molecule has 2 atom stereocenters. The number of carbonyl (C=O) groups excluding carboxylic acids is 1. The Labute approximate surface area is 205 Å². The van der Waals surface area contributed by atoms with Gasteiger partial charge in [0.15, 0.2) is 23.0 Å². The van der Waals surface area contributed by atoms with Crippen LogP contribution in [0, 0.1) is 17.6 Å². The molecule has 2 unspecified atom stereocenters. The molecule has 5 rings (SSSR count). The Bertz CT molecular complexity index is 1380. The van der Waals surface area contributed by atoms with Gasteiger partial charge in [-0.1, -0.05) is 18.5 Å². The van der Waals surface area contributed by atoms with Crippen LogP contribution in [0.15, 0.2) is 53.2 Å². The van der Waals surface area contributed by atoms with Crippen molar-refractivity contribution in [3.05, 3.63) is 71.0 Å². The molecule has 1 aliphatic rings. The number of nitrogens with zero attached hydrogens (tertiary/aromatic N) is 4. The summed E-state index contributed by atoms with van der Waals surface area (Å²) in [7, 11) is 0. The van der Waals surface area contributed by atoms with Crippen molar-refractivity contribution >= 4 is 34.6 Å². The highest BCUT2D eigenvalue weighted by Crippen LogP contribution is 2.31. The normalized spacial score (nSPS) is 18.1. The van der Waals surface area contributed by atoms with E-state index >= 15 is 4.39 Å². The number of piperidine rings is 1. The summed E-state index contributed by atoms with van der Waals surface area (Å²) in [6.45, 7) is 2.76. The monoisotopic (exact) mass is 497 g/mol. The smallest absolute Gasteiger partial charge is 0.295 e. The number of anilines is 1. The Morgan fingerprint density at radius 3 is 2.83 bits per heavy atom. The van der Waals surface area contributed by atoms with E-state index in [9.17, 15) is 9.18 Å². The Hall–Kier alpha value is -3.59. The fraction of sp³-hybridized carbons (Fsp3) is 0.280. The molecule has 0 aliphatic carbocycles. The number of aromatic nitrogens is 3. The highest BCUT2D eigenvalue weighted by Gasteiger charge is 2.35. The fourth-order valence-electron chi connectivity index (χ4n) is 4.51. The third-order valence-corrected chi connectivity index (χ3v) is 6.54. The van der Waals surface area contributed by atoms with Crippen LogP contribution in [0.25, 0.3) is 22.5 Å². The van der Waals surface area contributed by atoms with Gasteiger partial charge < -0.3 is 14.6 Å². The first-order valence-electron chi connectivity index (χ1n) is 11.3. The Kier molecular flexibility index (Phi) is 6.34. The number of nitrogens with one attached hydrogen (secondary N) is 1. The van der Waals surface area contributed by atoms with Gasteiger partial charge in [-0.05, 0) is 55.2 Å². The summed E-state index contributed by atoms with van der Waals surface area (Å²) in [6, 6.07) is 9.06. The van der Waals surface area contributed by atoms with Crippen LogP contribution in [-0.2, 0) is 0 Å². The van der Waals surface area contributed by atoms with E-state index < -0.39 is 17.5 Å². The number of hydrogen-bond acceptors (Lipinski definition) is 6. The number of likely N-dealkylation sites (tertiary alicyclic amines) is 1. The third kappa shape index (κ3) is 4.55. The van der Waals surface area contributed by atoms with Gasteiger partial charge in [-0.25, -0.2) is 18.7 Å². The van der Waals surface area contributed by atoms with E-state index in [4.69, 9.17) is 16.0 Å². The van der Waals surface area contributed by atoms with Crippen molar-refractivity contribution in [2.75, 3.05) is 18.4 Å². The van der Waals surface area contributed by atoms with E-state index in [-0.39, 0.29) is 28.9 Å². The number of rotatable bonds is 5. The molecular formula is C25H22ClF2N5O2. The molecular weight excluding hydrogens is 476 g/mol. The van der Waals surface area contributed by atoms with E-state index in [1.807, 2.05) is 6.92 Å². The van der Waals surface area contributed by atoms with Gasteiger partial charge in [0.2, 0.25) is 0 Å². The lowest BCUT2D eigenvalue weighted by atomic mass is 9.89. The molecule has 0 saturated carbocycles. The van der Waals surface area contributed by atoms with Crippen molar-refractivity contribution in [3.63, 3.8) is 0 Å². The highest BCUT2D eigenvalue weighted by molar-refractivity contribution is 6.31. The second-order valence-corrected chi connectivity index (χ2v) is 8.99. The molecule has 7 nitrogen and oxygen atoms in total. The average molecular weight is 498 g/mol. The lowest BCUT2D eigenvalue weighted by Gasteiger charge is -2.40. The van der Waals surface area contributed by atoms with E-state index in [0.29, 0.717) is 35.2 Å². The quantitative estimate of drug-likeness (QED) is 0.388. The summed E-state index contributed by atoms with van der Waals surface area (Å²) in [5.41, 5.74) is 0.969. The van der Waals surface area contributed by atoms with Gasteiger partial charge in [-0.2, -0.15) is 4.98 Å². The Morgan fingerprint density at radius 2 is 2.03 bits per heavy atom. The molecule has 3 heterocycles. The van der Waals surface area contributed by atoms with Gasteiger partial charge in [0, 0.05) is 36.1 Å². The molecule has 10 heteroatoms. The van der Waals surface area contributed by atoms with Gasteiger partial charge in [0.1, 0.15) is 5.52 Å². The molecule has 0 spiro atoms. The minimum Gasteiger partial charge on any atom is -0.424 e. The molecule has 0 radical (unpaired) electrons. The molecule has 35 heavy (non-hydrogen) atoms. The zero-order valence-electron chi connectivity index (χ0n) is 18.8. The van der Waals surface area contributed by atoms with Crippen molar-refractivity contribution < 1.29 is 18.0 Å². The van der Waals surface area contributed by atoms with Gasteiger partial charge in [0.25, 0.3) is 11.9 Å². The lowest BCUT2D eigenvalue weighted by Crippen LogP contribution is -2.51. The van der Waals surface area contributed by atoms with Crippen LogP contribution in [-0.4, -0.2) is 44.9 Å². The second kappa shape index (κ2) is 9.58. The van der Waals surface area contributed by atoms with Gasteiger partial charge >= 0.3 is 0 Å². The van der Waals surface area contributed by atoms with Crippen LogP contribution in [0.3, 0.4) is 0 Å². The summed E-state index contributed by atoms with van der Waals surface area (Å²) in [5, 5.41) is 3.70. The van der Waals surface area contributed by atoms with Gasteiger partial charge in [0.05, 0.1) is 11.6 Å². The third-order valence-electron chi connectivity index (χ3n) is 6.30. The number of halogens is 3. The van der Waals surface area contributed by atoms with Crippen molar-refractivity contribution in [1.82, 2.24) is 19.9 Å². The van der Waals surface area contributed by atoms with E-state index in [2.05, 4.69) is 20.3 Å². The SMILES string of the molecule is CC1CCCN(C(=O)c2c(-c3ncccn3)ccc(F)c2F)C1CNc1nc2cc(Cl)ccc2o1. The number of hydrogen-bond donors (Lipinski definition) is 1. The van der Waals surface area contributed by atoms with Crippen LogP contribution < -0.4 is 5.32 Å². The van der Waals surface area contributed by atoms with E-state index in [1.165, 1.54) is 18.5 Å². The van der Waals surface area contributed by atoms with Crippen molar-refractivity contribution in [1.29, 1.82) is 0 Å². The van der Waals surface area contributed by atoms with Crippen LogP contribution in [0.5, 0.6) is 0 Å². The second-order valence-electron chi connectivity index (χ2n) is 8.55. The van der Waals surface area contributed by atoms with Crippen LogP contribution in [0.2, 0.25) is 5.02 Å². The minimum absolute atomic E-state index is 0.104. The largest absolute Gasteiger partial charge is 0.424 e. The van der Waals surface area contributed by atoms with E-state index in [1.54, 1.807) is 29.2 Å². The van der Waals surface area contributed by atoms with Crippen LogP contribution in [0.1, 0.15) is 30.1 Å². The molecule has 4 aromatic rings. The zero-order chi connectivity index (χ0) is 24.5. The molecule has 0 bridgehead atoms. The molecule has 1 N–H and O–H groups in total. The first-order chi connectivity index (χ1) is 16.9. The number of oxazole rings is 1. The zero-order valence-corrected chi connectivity index (χ0v) is 19.6. The number of fused-ring (bicyclic) bond motifs is 1. The molecule has 2 aromatic heterocycles. The van der Waals surface area contributed by atoms with Crippen molar-refractivity contribution in [3.8, 4) is 11.4 Å². The maximum absolute atomic E-state index is 15.0. The maximum Gasteiger partial charge on any atom is 0.295 e. The van der Waals surface area contributed by atoms with Crippen molar-refractivity contribution in [2.24, 2.45) is 5.92 Å². The van der Waals surface area contributed by atoms with Gasteiger partial charge in [-0.3, -0.25) is 4.79 Å². The molecule has 1 aliphatic heterocycles. The predicted octanol–water partition coefficient (Wildman–Crippen LogP) is 5.57. The number of carbonyl (C=O) groups is 1. The maximum atomic E-state index is 15.0. The Morgan fingerprint density at radius 1 is 1.23 bits per heavy atom. The summed E-state index contributed by atoms with van der Waals surface area (Å²) in [6.07, 6.45) is 4.61. The Balaban J connectivity index is 1.45. The van der Waals surface area contributed by atoms with Crippen molar-refractivity contribution in [2.45, 2.75) is 25.8 Å². The standard InChI is InChI=1S/C25H22ClF2N5O2/c1-14-4-2-11-33(19(14)13-31-25-32-18-12-15(26)5-8-20(18)35-25)24(34)21-16(6-7-17(27)22(21)28)23-29-9-3-10-30-23/h3,5-10,12,14,19H,2,4,11,13H2,1H3,(H,31,32). The lowest BCUT2D eigenvalue weighted by molar-refractivity contribution is 0.0534. The fourth-order valence-corrected chi connectivity index (χ4v) is 4.67. The topological polar surface area (TPSA) is 84.2 Å². The summed E-state index contributed by atoms with van der Waals surface area (Å²) < 4.78 is 35.0. The highest BCUT2D eigenvalue weighted by atomic mass is 35.5. The van der Waals surface area contributed by atoms with Gasteiger partial charge in [-0.15, -0.1) is 0 Å². The van der Waals surface area contributed by atoms with Crippen LogP contribution in [0.4, 0.5) is 14.8 Å². The molecule has 1 fully saturated rings. The molecule has 1 amide bonds. The predicted molar refractivity (Wildman–Crippen MR) is 128 cm³/mol. The first-order valence-corrected chi connectivity index (χ1v) is 11.7. The molecule has 2 aromatic carbocycles. The summed E-state index contributed by atoms with van der Waals surface area (Å²) in [5.74, 6) is -2.66. The molecule has 180 valence electrons. The number of amides is 1.